The summed E-state index contributed by atoms with van der Waals surface area (Å²) in [5.41, 5.74) is 0.430. The summed E-state index contributed by atoms with van der Waals surface area (Å²) in [5.74, 6) is -0.333. The molecule has 0 saturated carbocycles. The van der Waals surface area contributed by atoms with E-state index < -0.39 is 55.1 Å². The molecular formula is C22H56O5Si7. The molecule has 0 spiro atoms. The predicted molar refractivity (Wildman–Crippen MR) is 167 cm³/mol. The highest BCUT2D eigenvalue weighted by atomic mass is 29.3. The maximum atomic E-state index is 12.0. The predicted octanol–water partition coefficient (Wildman–Crippen LogP) is 7.35. The molecule has 0 fully saturated rings. The highest BCUT2D eigenvalue weighted by Crippen LogP contribution is 2.37. The van der Waals surface area contributed by atoms with Gasteiger partial charge in [0.05, 0.1) is 29.4 Å². The second-order valence-corrected chi connectivity index (χ2v) is 65.5. The van der Waals surface area contributed by atoms with Gasteiger partial charge in [0.25, 0.3) is 0 Å². The molecule has 0 unspecified atom stereocenters. The van der Waals surface area contributed by atoms with Crippen molar-refractivity contribution in [2.75, 3.05) is 6.61 Å². The van der Waals surface area contributed by atoms with Gasteiger partial charge in [-0.25, -0.2) is 4.79 Å². The second kappa shape index (κ2) is 11.6. The first-order chi connectivity index (χ1) is 14.7. The van der Waals surface area contributed by atoms with Gasteiger partial charge in [-0.3, -0.25) is 0 Å². The van der Waals surface area contributed by atoms with E-state index >= 15 is 0 Å². The van der Waals surface area contributed by atoms with E-state index in [1.54, 1.807) is 6.92 Å². The summed E-state index contributed by atoms with van der Waals surface area (Å²) in [4.78, 5) is 12.0. The molecule has 0 atom stereocenters. The molecule has 0 N–H and O–H groups in total. The average molecular weight is 597 g/mol. The average Bonchev–Trinajstić information content (AvgIpc) is 2.53. The van der Waals surface area contributed by atoms with Gasteiger partial charge in [0.1, 0.15) is 0 Å². The van der Waals surface area contributed by atoms with Crippen LogP contribution in [0.1, 0.15) is 13.3 Å². The Labute approximate surface area is 218 Å². The van der Waals surface area contributed by atoms with Crippen LogP contribution in [-0.4, -0.2) is 67.7 Å². The fourth-order valence-electron chi connectivity index (χ4n) is 2.42. The molecule has 0 bridgehead atoms. The van der Waals surface area contributed by atoms with Gasteiger partial charge in [0.15, 0.2) is 23.5 Å². The van der Waals surface area contributed by atoms with Crippen molar-refractivity contribution in [3.05, 3.63) is 12.2 Å². The third-order valence-electron chi connectivity index (χ3n) is 7.86. The van der Waals surface area contributed by atoms with Crippen molar-refractivity contribution in [3.8, 4) is 0 Å². The minimum absolute atomic E-state index is 0.333. The van der Waals surface area contributed by atoms with Crippen LogP contribution in [0.25, 0.3) is 0 Å². The highest BCUT2D eigenvalue weighted by molar-refractivity contribution is 7.42. The lowest BCUT2D eigenvalue weighted by atomic mass is 10.4. The van der Waals surface area contributed by atoms with Gasteiger partial charge >= 0.3 is 14.8 Å². The van der Waals surface area contributed by atoms with E-state index in [0.717, 1.165) is 0 Å². The van der Waals surface area contributed by atoms with Crippen LogP contribution < -0.4 is 0 Å². The molecule has 0 aromatic rings. The SMILES string of the molecule is C=C(C)C(=O)OCCC[Si](O[Si](C)(C)[Si](C)(C)C)(O[Si](C)(C)[Si](C)(C)C)O[Si](C)(C)[Si](C)(C)C. The molecule has 12 heteroatoms. The fraction of sp³-hybridized carbons (Fsp3) is 0.864. The second-order valence-electron chi connectivity index (χ2n) is 14.3. The molecule has 0 aliphatic rings. The number of hydrogen-bond acceptors (Lipinski definition) is 5. The number of hydrogen-bond donors (Lipinski definition) is 0. The van der Waals surface area contributed by atoms with Crippen LogP contribution >= 0.6 is 0 Å². The topological polar surface area (TPSA) is 54.0 Å². The molecule has 0 amide bonds. The molecule has 0 aromatic heterocycles. The molecule has 0 aromatic carbocycles. The van der Waals surface area contributed by atoms with Crippen LogP contribution in [0.4, 0.5) is 0 Å². The Hall–Kier alpha value is 0.608. The van der Waals surface area contributed by atoms with Crippen LogP contribution in [0.2, 0.25) is 104 Å². The fourth-order valence-corrected chi connectivity index (χ4v) is 31.3. The first kappa shape index (κ1) is 34.6. The molecule has 5 nitrogen and oxygen atoms in total. The third-order valence-corrected chi connectivity index (χ3v) is 64.8. The summed E-state index contributed by atoms with van der Waals surface area (Å²) in [6, 6.07) is 0.708. The van der Waals surface area contributed by atoms with Crippen molar-refractivity contribution in [3.63, 3.8) is 0 Å². The molecule has 34 heavy (non-hydrogen) atoms. The molecule has 0 aliphatic carbocycles. The smallest absolute Gasteiger partial charge is 0.462 e. The Bertz CT molecular complexity index is 647. The van der Waals surface area contributed by atoms with Gasteiger partial charge in [-0.1, -0.05) is 65.5 Å². The lowest BCUT2D eigenvalue weighted by Crippen LogP contribution is -2.72. The Morgan fingerprint density at radius 3 is 1.15 bits per heavy atom. The molecule has 202 valence electrons. The summed E-state index contributed by atoms with van der Waals surface area (Å²) < 4.78 is 27.5. The standard InChI is InChI=1S/C22H56O5Si7/c1-21(2)22(23)24-19-18-20-34(25-31(12,13)28(3,4)5,26-32(14,15)29(6,7)8)27-33(16,17)30(9,10)11/h1,18-20H2,2-17H3. The maximum Gasteiger partial charge on any atom is 0.469 e. The molecule has 0 saturated heterocycles. The lowest BCUT2D eigenvalue weighted by Gasteiger charge is -2.51. The molecular weight excluding hydrogens is 541 g/mol. The summed E-state index contributed by atoms with van der Waals surface area (Å²) in [7, 11) is -13.9. The van der Waals surface area contributed by atoms with Crippen LogP contribution in [0.15, 0.2) is 12.2 Å². The number of carbonyl (C=O) groups is 1. The summed E-state index contributed by atoms with van der Waals surface area (Å²) >= 11 is 0. The van der Waals surface area contributed by atoms with E-state index in [1.807, 2.05) is 0 Å². The zero-order chi connectivity index (χ0) is 27.6. The van der Waals surface area contributed by atoms with E-state index in [0.29, 0.717) is 24.6 Å². The number of ether oxygens (including phenoxy) is 1. The summed E-state index contributed by atoms with van der Waals surface area (Å²) in [5, 5.41) is 0. The third kappa shape index (κ3) is 9.82. The molecule has 0 rings (SSSR count). The Morgan fingerprint density at radius 2 is 0.912 bits per heavy atom. The monoisotopic (exact) mass is 596 g/mol. The zero-order valence-electron chi connectivity index (χ0n) is 25.4. The normalized spacial score (nSPS) is 14.8. The first-order valence-corrected chi connectivity index (χ1v) is 36.8. The minimum atomic E-state index is -3.05. The number of esters is 1. The van der Waals surface area contributed by atoms with Gasteiger partial charge in [0, 0.05) is 11.6 Å². The van der Waals surface area contributed by atoms with E-state index in [9.17, 15) is 4.79 Å². The Morgan fingerprint density at radius 1 is 0.618 bits per heavy atom. The van der Waals surface area contributed by atoms with Crippen LogP contribution in [0, 0.1) is 0 Å². The number of rotatable bonds is 14. The lowest BCUT2D eigenvalue weighted by molar-refractivity contribution is -0.139. The van der Waals surface area contributed by atoms with Crippen LogP contribution in [0.5, 0.6) is 0 Å². The van der Waals surface area contributed by atoms with Crippen molar-refractivity contribution in [2.24, 2.45) is 0 Å². The number of carbonyl (C=O) groups excluding carboxylic acids is 1. The summed E-state index contributed by atoms with van der Waals surface area (Å²) in [6.07, 6.45) is 0.688. The molecule has 0 heterocycles. The first-order valence-electron chi connectivity index (χ1n) is 12.6. The van der Waals surface area contributed by atoms with E-state index in [4.69, 9.17) is 17.1 Å². The Balaban J connectivity index is 6.53. The highest BCUT2D eigenvalue weighted by Gasteiger charge is 2.58. The van der Waals surface area contributed by atoms with Crippen molar-refractivity contribution in [1.29, 1.82) is 0 Å². The van der Waals surface area contributed by atoms with E-state index in [-0.39, 0.29) is 5.97 Å². The quantitative estimate of drug-likeness (QED) is 0.0908. The van der Waals surface area contributed by atoms with Gasteiger partial charge in [-0.2, -0.15) is 0 Å². The molecule has 0 aliphatic heterocycles. The largest absolute Gasteiger partial charge is 0.469 e. The van der Waals surface area contributed by atoms with Crippen molar-refractivity contribution in [1.82, 2.24) is 0 Å². The molecule has 0 radical (unpaired) electrons. The van der Waals surface area contributed by atoms with Crippen LogP contribution in [-0.2, 0) is 21.9 Å². The van der Waals surface area contributed by atoms with Crippen molar-refractivity contribution >= 4 is 61.1 Å². The Kier molecular flexibility index (Phi) is 11.8. The van der Waals surface area contributed by atoms with E-state index in [2.05, 4.69) is 105 Å². The summed E-state index contributed by atoms with van der Waals surface area (Å²) in [6.45, 7) is 41.6. The van der Waals surface area contributed by atoms with Gasteiger partial charge in [-0.05, 0) is 52.6 Å². The van der Waals surface area contributed by atoms with Gasteiger partial charge in [-0.15, -0.1) is 0 Å². The van der Waals surface area contributed by atoms with Crippen molar-refractivity contribution < 1.29 is 21.9 Å². The maximum absolute atomic E-state index is 12.0. The van der Waals surface area contributed by atoms with Gasteiger partial charge in [0.2, 0.25) is 0 Å². The van der Waals surface area contributed by atoms with Crippen molar-refractivity contribution in [2.45, 2.75) is 118 Å². The van der Waals surface area contributed by atoms with Crippen LogP contribution in [0.3, 0.4) is 0 Å². The zero-order valence-corrected chi connectivity index (χ0v) is 32.4. The van der Waals surface area contributed by atoms with Gasteiger partial charge < -0.3 is 17.1 Å². The minimum Gasteiger partial charge on any atom is -0.462 e. The van der Waals surface area contributed by atoms with E-state index in [1.165, 1.54) is 0 Å².